The minimum Gasteiger partial charge on any atom is -0.347 e. The average Bonchev–Trinajstić information content (AvgIpc) is 2.56. The third-order valence-corrected chi connectivity index (χ3v) is 3.62. The molecule has 0 bridgehead atoms. The van der Waals surface area contributed by atoms with Crippen molar-refractivity contribution >= 4 is 29.1 Å². The predicted molar refractivity (Wildman–Crippen MR) is 92.6 cm³/mol. The molecule has 0 radical (unpaired) electrons. The molecular weight excluding hydrogens is 312 g/mol. The maximum absolute atomic E-state index is 11.8. The van der Waals surface area contributed by atoms with Crippen LogP contribution >= 0.6 is 11.6 Å². The zero-order valence-electron chi connectivity index (χ0n) is 12.9. The summed E-state index contributed by atoms with van der Waals surface area (Å²) in [6, 6.07) is 14.7. The Hall–Kier alpha value is -2.33. The van der Waals surface area contributed by atoms with Gasteiger partial charge in [-0.2, -0.15) is 0 Å². The van der Waals surface area contributed by atoms with Gasteiger partial charge in [-0.25, -0.2) is 0 Å². The highest BCUT2D eigenvalue weighted by Gasteiger charge is 2.07. The van der Waals surface area contributed by atoms with Crippen LogP contribution in [0.25, 0.3) is 0 Å². The lowest BCUT2D eigenvalue weighted by Gasteiger charge is -2.08. The number of rotatable bonds is 6. The Morgan fingerprint density at radius 2 is 1.52 bits per heavy atom. The lowest BCUT2D eigenvalue weighted by molar-refractivity contribution is -0.123. The molecule has 0 aliphatic carbocycles. The lowest BCUT2D eigenvalue weighted by Crippen LogP contribution is -2.33. The van der Waals surface area contributed by atoms with Gasteiger partial charge in [-0.3, -0.25) is 9.59 Å². The molecule has 2 amide bonds. The average molecular weight is 331 g/mol. The molecule has 2 aromatic rings. The van der Waals surface area contributed by atoms with Gasteiger partial charge in [0.1, 0.15) is 0 Å². The summed E-state index contributed by atoms with van der Waals surface area (Å²) in [5.74, 6) is -0.456. The van der Waals surface area contributed by atoms with Crippen molar-refractivity contribution in [2.45, 2.75) is 19.8 Å². The largest absolute Gasteiger partial charge is 0.347 e. The summed E-state index contributed by atoms with van der Waals surface area (Å²) in [4.78, 5) is 23.6. The standard InChI is InChI=1S/C18H19ClN2O2/c1-2-13-5-9-16(10-6-13)21-18(23)12-20-17(22)11-14-3-7-15(19)8-4-14/h3-10H,2,11-12H2,1H3,(H,20,22)(H,21,23). The summed E-state index contributed by atoms with van der Waals surface area (Å²) < 4.78 is 0. The first-order valence-corrected chi connectivity index (χ1v) is 7.84. The summed E-state index contributed by atoms with van der Waals surface area (Å²) in [5, 5.41) is 5.98. The van der Waals surface area contributed by atoms with Crippen LogP contribution in [0.15, 0.2) is 48.5 Å². The molecule has 0 heterocycles. The highest BCUT2D eigenvalue weighted by molar-refractivity contribution is 6.30. The Bertz CT molecular complexity index is 666. The van der Waals surface area contributed by atoms with E-state index >= 15 is 0 Å². The van der Waals surface area contributed by atoms with E-state index in [1.54, 1.807) is 24.3 Å². The number of benzene rings is 2. The van der Waals surface area contributed by atoms with E-state index in [1.165, 1.54) is 5.56 Å². The van der Waals surface area contributed by atoms with Crippen molar-refractivity contribution in [2.24, 2.45) is 0 Å². The van der Waals surface area contributed by atoms with Crippen LogP contribution in [0.3, 0.4) is 0 Å². The lowest BCUT2D eigenvalue weighted by atomic mass is 10.1. The maximum atomic E-state index is 11.8. The topological polar surface area (TPSA) is 58.2 Å². The number of carbonyl (C=O) groups is 2. The van der Waals surface area contributed by atoms with Gasteiger partial charge >= 0.3 is 0 Å². The van der Waals surface area contributed by atoms with E-state index < -0.39 is 0 Å². The molecule has 0 atom stereocenters. The quantitative estimate of drug-likeness (QED) is 0.854. The summed E-state index contributed by atoms with van der Waals surface area (Å²) in [5.41, 5.74) is 2.78. The molecule has 2 aromatic carbocycles. The summed E-state index contributed by atoms with van der Waals surface area (Å²) in [6.07, 6.45) is 1.17. The van der Waals surface area contributed by atoms with Gasteiger partial charge in [0, 0.05) is 10.7 Å². The fourth-order valence-electron chi connectivity index (χ4n) is 2.06. The number of carbonyl (C=O) groups excluding carboxylic acids is 2. The summed E-state index contributed by atoms with van der Waals surface area (Å²) in [6.45, 7) is 2.02. The molecular formula is C18H19ClN2O2. The van der Waals surface area contributed by atoms with Crippen LogP contribution in [-0.2, 0) is 22.4 Å². The van der Waals surface area contributed by atoms with Gasteiger partial charge in [-0.1, -0.05) is 42.8 Å². The Labute approximate surface area is 140 Å². The van der Waals surface area contributed by atoms with Crippen LogP contribution in [0.4, 0.5) is 5.69 Å². The Balaban J connectivity index is 1.76. The van der Waals surface area contributed by atoms with Gasteiger partial charge in [-0.05, 0) is 41.8 Å². The molecule has 0 aliphatic rings. The summed E-state index contributed by atoms with van der Waals surface area (Å²) in [7, 11) is 0. The van der Waals surface area contributed by atoms with E-state index in [-0.39, 0.29) is 24.8 Å². The molecule has 0 fully saturated rings. The monoisotopic (exact) mass is 330 g/mol. The first kappa shape index (κ1) is 17.0. The van der Waals surface area contributed by atoms with Gasteiger partial charge in [0.05, 0.1) is 13.0 Å². The van der Waals surface area contributed by atoms with E-state index in [0.29, 0.717) is 5.02 Å². The van der Waals surface area contributed by atoms with Gasteiger partial charge < -0.3 is 10.6 Å². The fraction of sp³-hybridized carbons (Fsp3) is 0.222. The van der Waals surface area contributed by atoms with E-state index in [0.717, 1.165) is 17.7 Å². The zero-order chi connectivity index (χ0) is 16.7. The van der Waals surface area contributed by atoms with Gasteiger partial charge in [-0.15, -0.1) is 0 Å². The van der Waals surface area contributed by atoms with Crippen LogP contribution in [0.2, 0.25) is 5.02 Å². The van der Waals surface area contributed by atoms with Crippen molar-refractivity contribution in [1.82, 2.24) is 5.32 Å². The molecule has 0 spiro atoms. The van der Waals surface area contributed by atoms with E-state index in [9.17, 15) is 9.59 Å². The van der Waals surface area contributed by atoms with Crippen LogP contribution < -0.4 is 10.6 Å². The van der Waals surface area contributed by atoms with Gasteiger partial charge in [0.25, 0.3) is 0 Å². The van der Waals surface area contributed by atoms with Crippen molar-refractivity contribution in [1.29, 1.82) is 0 Å². The second kappa shape index (κ2) is 8.34. The molecule has 2 N–H and O–H groups in total. The molecule has 5 heteroatoms. The van der Waals surface area contributed by atoms with Crippen molar-refractivity contribution < 1.29 is 9.59 Å². The van der Waals surface area contributed by atoms with Gasteiger partial charge in [0.15, 0.2) is 0 Å². The minimum absolute atomic E-state index is 0.0536. The number of anilines is 1. The van der Waals surface area contributed by atoms with Crippen molar-refractivity contribution in [2.75, 3.05) is 11.9 Å². The minimum atomic E-state index is -0.251. The highest BCUT2D eigenvalue weighted by atomic mass is 35.5. The molecule has 2 rings (SSSR count). The molecule has 120 valence electrons. The van der Waals surface area contributed by atoms with Crippen LogP contribution in [0.1, 0.15) is 18.1 Å². The Kier molecular flexibility index (Phi) is 6.18. The third kappa shape index (κ3) is 5.75. The number of aryl methyl sites for hydroxylation is 1. The van der Waals surface area contributed by atoms with Crippen molar-refractivity contribution in [3.63, 3.8) is 0 Å². The normalized spacial score (nSPS) is 10.2. The van der Waals surface area contributed by atoms with E-state index in [1.807, 2.05) is 24.3 Å². The highest BCUT2D eigenvalue weighted by Crippen LogP contribution is 2.10. The second-order valence-corrected chi connectivity index (χ2v) is 5.62. The number of hydrogen-bond donors (Lipinski definition) is 2. The Morgan fingerprint density at radius 1 is 0.913 bits per heavy atom. The first-order valence-electron chi connectivity index (χ1n) is 7.46. The molecule has 0 aliphatic heterocycles. The Morgan fingerprint density at radius 3 is 2.13 bits per heavy atom. The molecule has 23 heavy (non-hydrogen) atoms. The number of nitrogens with one attached hydrogen (secondary N) is 2. The maximum Gasteiger partial charge on any atom is 0.243 e. The number of halogens is 1. The molecule has 0 saturated heterocycles. The molecule has 0 unspecified atom stereocenters. The number of hydrogen-bond acceptors (Lipinski definition) is 2. The zero-order valence-corrected chi connectivity index (χ0v) is 13.7. The molecule has 4 nitrogen and oxygen atoms in total. The second-order valence-electron chi connectivity index (χ2n) is 5.18. The van der Waals surface area contributed by atoms with Crippen molar-refractivity contribution in [3.8, 4) is 0 Å². The smallest absolute Gasteiger partial charge is 0.243 e. The number of amides is 2. The van der Waals surface area contributed by atoms with Crippen LogP contribution in [0, 0.1) is 0 Å². The van der Waals surface area contributed by atoms with E-state index in [2.05, 4.69) is 17.6 Å². The SMILES string of the molecule is CCc1ccc(NC(=O)CNC(=O)Cc2ccc(Cl)cc2)cc1. The third-order valence-electron chi connectivity index (χ3n) is 3.37. The fourth-order valence-corrected chi connectivity index (χ4v) is 2.18. The molecule has 0 saturated carbocycles. The van der Waals surface area contributed by atoms with Crippen LogP contribution in [-0.4, -0.2) is 18.4 Å². The van der Waals surface area contributed by atoms with Crippen LogP contribution in [0.5, 0.6) is 0 Å². The van der Waals surface area contributed by atoms with Gasteiger partial charge in [0.2, 0.25) is 11.8 Å². The first-order chi connectivity index (χ1) is 11.1. The summed E-state index contributed by atoms with van der Waals surface area (Å²) >= 11 is 5.79. The van der Waals surface area contributed by atoms with E-state index in [4.69, 9.17) is 11.6 Å². The predicted octanol–water partition coefficient (Wildman–Crippen LogP) is 3.20. The van der Waals surface area contributed by atoms with Crippen molar-refractivity contribution in [3.05, 3.63) is 64.7 Å². The molecule has 0 aromatic heterocycles.